The molecule has 0 rings (SSSR count). The maximum atomic E-state index is 10.8. The van der Waals surface area contributed by atoms with Gasteiger partial charge in [-0.25, -0.2) is 0 Å². The van der Waals surface area contributed by atoms with Crippen molar-refractivity contribution in [2.75, 3.05) is 19.0 Å². The van der Waals surface area contributed by atoms with E-state index in [4.69, 9.17) is 5.11 Å². The number of hydrogen-bond acceptors (Lipinski definition) is 4. The van der Waals surface area contributed by atoms with Crippen LogP contribution in [0, 0.1) is 0 Å². The zero-order valence-electron chi connectivity index (χ0n) is 7.32. The molecule has 0 amide bonds. The number of aliphatic hydroxyl groups excluding tert-OH is 1. The van der Waals surface area contributed by atoms with Gasteiger partial charge in [-0.2, -0.15) is 8.42 Å². The summed E-state index contributed by atoms with van der Waals surface area (Å²) in [5.74, 6) is -0.306. The SMILES string of the molecule is CCCCCOS(=O)(=O)CCO.[NaH]. The molecule has 0 aliphatic carbocycles. The van der Waals surface area contributed by atoms with Crippen LogP contribution in [-0.4, -0.2) is 62.0 Å². The third-order valence-corrected chi connectivity index (χ3v) is 2.56. The van der Waals surface area contributed by atoms with E-state index in [9.17, 15) is 8.42 Å². The van der Waals surface area contributed by atoms with Gasteiger partial charge in [-0.1, -0.05) is 19.8 Å². The molecule has 0 bridgehead atoms. The van der Waals surface area contributed by atoms with Crippen molar-refractivity contribution in [2.45, 2.75) is 26.2 Å². The van der Waals surface area contributed by atoms with Crippen LogP contribution in [-0.2, 0) is 14.3 Å². The predicted octanol–water partition coefficient (Wildman–Crippen LogP) is -0.133. The Morgan fingerprint density at radius 3 is 2.38 bits per heavy atom. The first-order valence-electron chi connectivity index (χ1n) is 4.10. The fourth-order valence-electron chi connectivity index (χ4n) is 0.709. The van der Waals surface area contributed by atoms with E-state index in [0.717, 1.165) is 19.3 Å². The molecule has 0 unspecified atom stereocenters. The van der Waals surface area contributed by atoms with Gasteiger partial charge < -0.3 is 5.11 Å². The molecular weight excluding hydrogens is 203 g/mol. The Labute approximate surface area is 102 Å². The van der Waals surface area contributed by atoms with Crippen molar-refractivity contribution in [3.8, 4) is 0 Å². The Balaban J connectivity index is 0. The van der Waals surface area contributed by atoms with Crippen molar-refractivity contribution in [3.05, 3.63) is 0 Å². The molecule has 0 aromatic rings. The van der Waals surface area contributed by atoms with E-state index < -0.39 is 10.1 Å². The first-order valence-corrected chi connectivity index (χ1v) is 5.68. The monoisotopic (exact) mass is 220 g/mol. The van der Waals surface area contributed by atoms with Gasteiger partial charge in [0.25, 0.3) is 10.1 Å². The molecule has 0 spiro atoms. The van der Waals surface area contributed by atoms with Gasteiger partial charge >= 0.3 is 29.6 Å². The summed E-state index contributed by atoms with van der Waals surface area (Å²) in [6, 6.07) is 0. The topological polar surface area (TPSA) is 63.6 Å². The predicted molar refractivity (Wildman–Crippen MR) is 53.5 cm³/mol. The van der Waals surface area contributed by atoms with Gasteiger partial charge in [0, 0.05) is 0 Å². The molecule has 0 saturated carbocycles. The molecule has 13 heavy (non-hydrogen) atoms. The van der Waals surface area contributed by atoms with E-state index >= 15 is 0 Å². The van der Waals surface area contributed by atoms with Gasteiger partial charge in [0.1, 0.15) is 0 Å². The Morgan fingerprint density at radius 2 is 1.92 bits per heavy atom. The summed E-state index contributed by atoms with van der Waals surface area (Å²) in [4.78, 5) is 0. The van der Waals surface area contributed by atoms with E-state index in [0.29, 0.717) is 0 Å². The van der Waals surface area contributed by atoms with Crippen LogP contribution in [0.15, 0.2) is 0 Å². The van der Waals surface area contributed by atoms with Crippen LogP contribution in [0.25, 0.3) is 0 Å². The van der Waals surface area contributed by atoms with Gasteiger partial charge in [0.2, 0.25) is 0 Å². The first-order chi connectivity index (χ1) is 5.62. The van der Waals surface area contributed by atoms with E-state index in [-0.39, 0.29) is 48.5 Å². The molecule has 0 atom stereocenters. The molecule has 6 heteroatoms. The molecule has 0 fully saturated rings. The summed E-state index contributed by atoms with van der Waals surface area (Å²) in [6.45, 7) is 1.88. The quantitative estimate of drug-likeness (QED) is 0.369. The summed E-state index contributed by atoms with van der Waals surface area (Å²) >= 11 is 0. The van der Waals surface area contributed by atoms with Crippen molar-refractivity contribution in [1.82, 2.24) is 0 Å². The van der Waals surface area contributed by atoms with Gasteiger partial charge in [-0.3, -0.25) is 4.18 Å². The van der Waals surface area contributed by atoms with Crippen molar-refractivity contribution in [3.63, 3.8) is 0 Å². The molecule has 0 heterocycles. The molecule has 0 radical (unpaired) electrons. The van der Waals surface area contributed by atoms with Crippen molar-refractivity contribution in [2.24, 2.45) is 0 Å². The summed E-state index contributed by atoms with van der Waals surface area (Å²) < 4.78 is 26.2. The molecule has 0 aliphatic rings. The van der Waals surface area contributed by atoms with Gasteiger partial charge in [-0.05, 0) is 6.42 Å². The maximum absolute atomic E-state index is 10.8. The summed E-state index contributed by atoms with van der Waals surface area (Å²) in [7, 11) is -3.46. The van der Waals surface area contributed by atoms with E-state index in [1.165, 1.54) is 0 Å². The summed E-state index contributed by atoms with van der Waals surface area (Å²) in [5.41, 5.74) is 0. The summed E-state index contributed by atoms with van der Waals surface area (Å²) in [6.07, 6.45) is 2.75. The van der Waals surface area contributed by atoms with Crippen LogP contribution in [0.5, 0.6) is 0 Å². The molecule has 0 aliphatic heterocycles. The third kappa shape index (κ3) is 10.8. The minimum atomic E-state index is -3.46. The Bertz CT molecular complexity index is 191. The van der Waals surface area contributed by atoms with Gasteiger partial charge in [0.15, 0.2) is 0 Å². The second-order valence-electron chi connectivity index (χ2n) is 2.51. The van der Waals surface area contributed by atoms with E-state index in [2.05, 4.69) is 4.18 Å². The first kappa shape index (κ1) is 16.3. The van der Waals surface area contributed by atoms with Crippen molar-refractivity contribution < 1.29 is 17.7 Å². The Kier molecular flexibility index (Phi) is 11.8. The van der Waals surface area contributed by atoms with E-state index in [1.807, 2.05) is 6.92 Å². The second-order valence-corrected chi connectivity index (χ2v) is 4.27. The molecule has 4 nitrogen and oxygen atoms in total. The van der Waals surface area contributed by atoms with Gasteiger partial charge in [0.05, 0.1) is 19.0 Å². The third-order valence-electron chi connectivity index (χ3n) is 1.35. The molecule has 0 saturated heterocycles. The summed E-state index contributed by atoms with van der Waals surface area (Å²) in [5, 5.41) is 8.35. The molecule has 1 N–H and O–H groups in total. The Morgan fingerprint density at radius 1 is 1.31 bits per heavy atom. The standard InChI is InChI=1S/C7H16O4S.Na.H/c1-2-3-4-6-11-12(9,10)7-5-8;;/h8H,2-7H2,1H3;;. The van der Waals surface area contributed by atoms with Crippen LogP contribution < -0.4 is 0 Å². The van der Waals surface area contributed by atoms with Crippen LogP contribution in [0.4, 0.5) is 0 Å². The average Bonchev–Trinajstić information content (AvgIpc) is 1.98. The average molecular weight is 220 g/mol. The van der Waals surface area contributed by atoms with Gasteiger partial charge in [-0.15, -0.1) is 0 Å². The number of aliphatic hydroxyl groups is 1. The van der Waals surface area contributed by atoms with E-state index in [1.54, 1.807) is 0 Å². The molecular formula is C7H17NaO4S. The number of hydrogen-bond donors (Lipinski definition) is 1. The number of rotatable bonds is 7. The number of unbranched alkanes of at least 4 members (excludes halogenated alkanes) is 2. The normalized spacial score (nSPS) is 10.9. The zero-order chi connectivity index (χ0) is 9.45. The minimum absolute atomic E-state index is 0. The van der Waals surface area contributed by atoms with Crippen LogP contribution in [0.3, 0.4) is 0 Å². The Hall–Kier alpha value is 0.870. The fourth-order valence-corrected chi connectivity index (χ4v) is 1.42. The fraction of sp³-hybridized carbons (Fsp3) is 1.00. The molecule has 76 valence electrons. The molecule has 0 aromatic heterocycles. The van der Waals surface area contributed by atoms with Crippen LogP contribution in [0.2, 0.25) is 0 Å². The van der Waals surface area contributed by atoms with Crippen LogP contribution in [0.1, 0.15) is 26.2 Å². The second kappa shape index (κ2) is 9.43. The van der Waals surface area contributed by atoms with Crippen molar-refractivity contribution >= 4 is 39.7 Å². The van der Waals surface area contributed by atoms with Crippen LogP contribution >= 0.6 is 0 Å². The van der Waals surface area contributed by atoms with Crippen molar-refractivity contribution in [1.29, 1.82) is 0 Å². The zero-order valence-corrected chi connectivity index (χ0v) is 8.14. The molecule has 0 aromatic carbocycles.